The summed E-state index contributed by atoms with van der Waals surface area (Å²) in [7, 11) is 0. The third-order valence-corrected chi connectivity index (χ3v) is 7.41. The van der Waals surface area contributed by atoms with E-state index in [9.17, 15) is 17.6 Å². The number of hydrogen-bond donors (Lipinski definition) is 0. The van der Waals surface area contributed by atoms with Crippen LogP contribution in [0, 0.1) is 30.5 Å². The predicted octanol–water partition coefficient (Wildman–Crippen LogP) is 8.06. The molecular formula is C27H32F4O. The van der Waals surface area contributed by atoms with E-state index in [0.29, 0.717) is 28.9 Å². The average Bonchev–Trinajstić information content (AvgIpc) is 2.92. The van der Waals surface area contributed by atoms with Crippen LogP contribution in [0.1, 0.15) is 73.6 Å². The van der Waals surface area contributed by atoms with Gasteiger partial charge >= 0.3 is 6.18 Å². The van der Waals surface area contributed by atoms with Gasteiger partial charge < -0.3 is 4.74 Å². The van der Waals surface area contributed by atoms with Crippen molar-refractivity contribution in [3.8, 4) is 0 Å². The summed E-state index contributed by atoms with van der Waals surface area (Å²) in [5.74, 6) is 1.69. The highest BCUT2D eigenvalue weighted by Crippen LogP contribution is 2.49. The molecule has 2 aromatic carbocycles. The molecule has 0 amide bonds. The lowest BCUT2D eigenvalue weighted by molar-refractivity contribution is -0.137. The number of halogens is 4. The van der Waals surface area contributed by atoms with Crippen molar-refractivity contribution < 1.29 is 22.3 Å². The standard InChI is InChI=1S/C27H32F4O/c1-17-4-3-5-24-21(13-17)8-11-25(26(24)20-6-9-23(28)10-7-20)32-16-19-12-18(2)14-22(15-19)27(29,30)31/h6-7,9-10,12,14-15,17,21,24-26H,3-5,8,11,13,16H2,1-2H3/t17?,21-,24-,25+,26+/m1/s1. The number of rotatable bonds is 4. The van der Waals surface area contributed by atoms with Crippen LogP contribution in [0.15, 0.2) is 42.5 Å². The number of ether oxygens (including phenoxy) is 1. The SMILES string of the molecule is Cc1cc(CO[C@H]2CC[C@@H]3CC(C)CCC[C@H]3[C@@H]2c2ccc(F)cc2)cc(C(F)(F)F)c1. The third-order valence-electron chi connectivity index (χ3n) is 7.41. The molecule has 5 atom stereocenters. The van der Waals surface area contributed by atoms with Gasteiger partial charge in [-0.3, -0.25) is 0 Å². The Morgan fingerprint density at radius 1 is 0.969 bits per heavy atom. The quantitative estimate of drug-likeness (QED) is 0.430. The van der Waals surface area contributed by atoms with E-state index in [1.807, 2.05) is 12.1 Å². The minimum atomic E-state index is -4.37. The lowest BCUT2D eigenvalue weighted by Crippen LogP contribution is -2.38. The van der Waals surface area contributed by atoms with Crippen LogP contribution >= 0.6 is 0 Å². The zero-order chi connectivity index (χ0) is 22.9. The second kappa shape index (κ2) is 9.54. The molecule has 0 heterocycles. The van der Waals surface area contributed by atoms with Crippen molar-refractivity contribution in [1.29, 1.82) is 0 Å². The Morgan fingerprint density at radius 2 is 1.72 bits per heavy atom. The second-order valence-electron chi connectivity index (χ2n) is 9.90. The summed E-state index contributed by atoms with van der Waals surface area (Å²) in [5.41, 5.74) is 1.58. The highest BCUT2D eigenvalue weighted by atomic mass is 19.4. The summed E-state index contributed by atoms with van der Waals surface area (Å²) in [6.07, 6.45) is 2.27. The fourth-order valence-electron chi connectivity index (χ4n) is 6.03. The van der Waals surface area contributed by atoms with Gasteiger partial charge in [0, 0.05) is 5.92 Å². The molecule has 0 saturated heterocycles. The van der Waals surface area contributed by atoms with Crippen LogP contribution in [-0.4, -0.2) is 6.10 Å². The maximum Gasteiger partial charge on any atom is 0.416 e. The molecule has 0 radical (unpaired) electrons. The molecule has 32 heavy (non-hydrogen) atoms. The molecule has 0 bridgehead atoms. The number of hydrogen-bond acceptors (Lipinski definition) is 1. The molecule has 5 heteroatoms. The average molecular weight is 449 g/mol. The van der Waals surface area contributed by atoms with Crippen molar-refractivity contribution in [3.05, 3.63) is 70.5 Å². The Labute approximate surface area is 188 Å². The van der Waals surface area contributed by atoms with Gasteiger partial charge in [-0.25, -0.2) is 4.39 Å². The molecular weight excluding hydrogens is 416 g/mol. The van der Waals surface area contributed by atoms with Gasteiger partial charge in [0.05, 0.1) is 18.3 Å². The molecule has 4 rings (SSSR count). The van der Waals surface area contributed by atoms with Gasteiger partial charge in [-0.15, -0.1) is 0 Å². The number of alkyl halides is 3. The summed E-state index contributed by atoms with van der Waals surface area (Å²) >= 11 is 0. The van der Waals surface area contributed by atoms with Crippen LogP contribution < -0.4 is 0 Å². The maximum absolute atomic E-state index is 13.6. The molecule has 0 spiro atoms. The summed E-state index contributed by atoms with van der Waals surface area (Å²) < 4.78 is 59.7. The molecule has 0 aliphatic heterocycles. The summed E-state index contributed by atoms with van der Waals surface area (Å²) in [6.45, 7) is 4.16. The van der Waals surface area contributed by atoms with Crippen LogP contribution in [0.3, 0.4) is 0 Å². The van der Waals surface area contributed by atoms with Gasteiger partial charge in [0.2, 0.25) is 0 Å². The van der Waals surface area contributed by atoms with Crippen LogP contribution in [0.5, 0.6) is 0 Å². The Bertz CT molecular complexity index is 905. The van der Waals surface area contributed by atoms with Crippen LogP contribution in [0.25, 0.3) is 0 Å². The smallest absolute Gasteiger partial charge is 0.373 e. The van der Waals surface area contributed by atoms with E-state index < -0.39 is 11.7 Å². The lowest BCUT2D eigenvalue weighted by Gasteiger charge is -2.43. The van der Waals surface area contributed by atoms with Crippen molar-refractivity contribution in [2.45, 2.75) is 77.2 Å². The fraction of sp³-hybridized carbons (Fsp3) is 0.556. The predicted molar refractivity (Wildman–Crippen MR) is 118 cm³/mol. The molecule has 0 N–H and O–H groups in total. The van der Waals surface area contributed by atoms with Gasteiger partial charge in [-0.1, -0.05) is 43.5 Å². The second-order valence-corrected chi connectivity index (χ2v) is 9.90. The van der Waals surface area contributed by atoms with E-state index in [-0.39, 0.29) is 24.4 Å². The molecule has 2 aliphatic carbocycles. The Balaban J connectivity index is 1.58. The molecule has 1 nitrogen and oxygen atoms in total. The van der Waals surface area contributed by atoms with Crippen molar-refractivity contribution in [2.24, 2.45) is 17.8 Å². The first-order valence-corrected chi connectivity index (χ1v) is 11.8. The molecule has 2 aromatic rings. The minimum Gasteiger partial charge on any atom is -0.373 e. The van der Waals surface area contributed by atoms with Gasteiger partial charge in [-0.05, 0) is 85.8 Å². The minimum absolute atomic E-state index is 0.0787. The van der Waals surface area contributed by atoms with Crippen molar-refractivity contribution in [1.82, 2.24) is 0 Å². The largest absolute Gasteiger partial charge is 0.416 e. The van der Waals surface area contributed by atoms with Gasteiger partial charge in [0.1, 0.15) is 5.82 Å². The molecule has 0 aromatic heterocycles. The normalized spacial score (nSPS) is 28.8. The first-order valence-electron chi connectivity index (χ1n) is 11.8. The van der Waals surface area contributed by atoms with E-state index in [2.05, 4.69) is 6.92 Å². The molecule has 2 saturated carbocycles. The Hall–Kier alpha value is -1.88. The zero-order valence-electron chi connectivity index (χ0n) is 18.8. The highest BCUT2D eigenvalue weighted by molar-refractivity contribution is 5.31. The van der Waals surface area contributed by atoms with E-state index in [4.69, 9.17) is 4.74 Å². The topological polar surface area (TPSA) is 9.23 Å². The Kier molecular flexibility index (Phi) is 6.94. The number of aryl methyl sites for hydroxylation is 1. The van der Waals surface area contributed by atoms with E-state index in [1.165, 1.54) is 43.5 Å². The van der Waals surface area contributed by atoms with E-state index in [1.54, 1.807) is 13.0 Å². The Morgan fingerprint density at radius 3 is 2.44 bits per heavy atom. The summed E-state index contributed by atoms with van der Waals surface area (Å²) in [6, 6.07) is 10.9. The summed E-state index contributed by atoms with van der Waals surface area (Å²) in [4.78, 5) is 0. The highest BCUT2D eigenvalue weighted by Gasteiger charge is 2.42. The van der Waals surface area contributed by atoms with Gasteiger partial charge in [0.15, 0.2) is 0 Å². The maximum atomic E-state index is 13.6. The van der Waals surface area contributed by atoms with Crippen LogP contribution in [0.2, 0.25) is 0 Å². The van der Waals surface area contributed by atoms with Crippen LogP contribution in [-0.2, 0) is 17.5 Å². The lowest BCUT2D eigenvalue weighted by atomic mass is 9.65. The third kappa shape index (κ3) is 5.36. The zero-order valence-corrected chi connectivity index (χ0v) is 18.8. The van der Waals surface area contributed by atoms with Gasteiger partial charge in [-0.2, -0.15) is 13.2 Å². The fourth-order valence-corrected chi connectivity index (χ4v) is 6.03. The van der Waals surface area contributed by atoms with Crippen LogP contribution in [0.4, 0.5) is 17.6 Å². The molecule has 2 fully saturated rings. The monoisotopic (exact) mass is 448 g/mol. The molecule has 174 valence electrons. The van der Waals surface area contributed by atoms with E-state index >= 15 is 0 Å². The summed E-state index contributed by atoms with van der Waals surface area (Å²) in [5, 5.41) is 0. The van der Waals surface area contributed by atoms with E-state index in [0.717, 1.165) is 24.8 Å². The first-order chi connectivity index (χ1) is 15.2. The van der Waals surface area contributed by atoms with Crippen molar-refractivity contribution in [2.75, 3.05) is 0 Å². The van der Waals surface area contributed by atoms with Crippen molar-refractivity contribution >= 4 is 0 Å². The molecule has 2 aliphatic rings. The molecule has 1 unspecified atom stereocenters. The van der Waals surface area contributed by atoms with Crippen molar-refractivity contribution in [3.63, 3.8) is 0 Å². The number of benzene rings is 2. The van der Waals surface area contributed by atoms with Gasteiger partial charge in [0.25, 0.3) is 0 Å². The number of fused-ring (bicyclic) bond motifs is 1. The first kappa shape index (κ1) is 23.3.